The maximum Gasteiger partial charge on any atom is 0.244 e. The quantitative estimate of drug-likeness (QED) is 0.793. The van der Waals surface area contributed by atoms with Gasteiger partial charge in [-0.05, 0) is 31.0 Å². The number of amides is 2. The molecule has 2 amide bonds. The van der Waals surface area contributed by atoms with E-state index in [1.807, 2.05) is 19.9 Å². The third kappa shape index (κ3) is 4.64. The Morgan fingerprint density at radius 1 is 1.21 bits per heavy atom. The van der Waals surface area contributed by atoms with E-state index >= 15 is 0 Å². The highest BCUT2D eigenvalue weighted by molar-refractivity contribution is 5.96. The standard InChI is InChI=1S/C20H23F2N3O3/c1-11-6-5-7-16(12(11)2)24-17(26)10-25(3)20(27)19(23)18-14(21)8-13(28-4)9-15(18)22/h5-9,19H,10,23H2,1-4H3,(H,24,26). The number of hydrogen-bond donors (Lipinski definition) is 2. The van der Waals surface area contributed by atoms with E-state index < -0.39 is 35.1 Å². The fourth-order valence-electron chi connectivity index (χ4n) is 2.71. The molecule has 0 aliphatic heterocycles. The molecule has 0 aromatic heterocycles. The van der Waals surface area contributed by atoms with E-state index in [1.165, 1.54) is 14.2 Å². The lowest BCUT2D eigenvalue weighted by Gasteiger charge is -2.22. The molecule has 2 aromatic carbocycles. The van der Waals surface area contributed by atoms with Crippen molar-refractivity contribution >= 4 is 17.5 Å². The summed E-state index contributed by atoms with van der Waals surface area (Å²) in [6.07, 6.45) is 0. The Bertz CT molecular complexity index is 879. The third-order valence-corrected chi connectivity index (χ3v) is 4.50. The van der Waals surface area contributed by atoms with Crippen LogP contribution in [0, 0.1) is 25.5 Å². The molecular weight excluding hydrogens is 368 g/mol. The van der Waals surface area contributed by atoms with Gasteiger partial charge in [-0.2, -0.15) is 0 Å². The molecule has 1 atom stereocenters. The van der Waals surface area contributed by atoms with Crippen molar-refractivity contribution in [1.29, 1.82) is 0 Å². The number of hydrogen-bond acceptors (Lipinski definition) is 4. The molecule has 2 aromatic rings. The first kappa shape index (κ1) is 21.3. The van der Waals surface area contributed by atoms with Gasteiger partial charge in [0.15, 0.2) is 0 Å². The minimum atomic E-state index is -1.59. The second kappa shape index (κ2) is 8.79. The summed E-state index contributed by atoms with van der Waals surface area (Å²) < 4.78 is 33.1. The SMILES string of the molecule is COc1cc(F)c(C(N)C(=O)N(C)CC(=O)Nc2cccc(C)c2C)c(F)c1. The van der Waals surface area contributed by atoms with Crippen molar-refractivity contribution in [3.05, 3.63) is 58.7 Å². The van der Waals surface area contributed by atoms with Crippen molar-refractivity contribution < 1.29 is 23.1 Å². The van der Waals surface area contributed by atoms with Crippen LogP contribution in [0.25, 0.3) is 0 Å². The fourth-order valence-corrected chi connectivity index (χ4v) is 2.71. The van der Waals surface area contributed by atoms with E-state index in [1.54, 1.807) is 12.1 Å². The van der Waals surface area contributed by atoms with Crippen LogP contribution in [0.5, 0.6) is 5.75 Å². The predicted octanol–water partition coefficient (Wildman–Crippen LogP) is 2.69. The van der Waals surface area contributed by atoms with E-state index in [4.69, 9.17) is 10.5 Å². The van der Waals surface area contributed by atoms with Gasteiger partial charge in [0, 0.05) is 24.9 Å². The Kier molecular flexibility index (Phi) is 6.69. The summed E-state index contributed by atoms with van der Waals surface area (Å²) in [5.41, 5.74) is 7.73. The summed E-state index contributed by atoms with van der Waals surface area (Å²) in [5.74, 6) is -3.26. The number of benzene rings is 2. The number of carbonyl (C=O) groups is 2. The van der Waals surface area contributed by atoms with Crippen molar-refractivity contribution in [2.24, 2.45) is 5.73 Å². The average Bonchev–Trinajstić information content (AvgIpc) is 2.63. The minimum absolute atomic E-state index is 0.0281. The van der Waals surface area contributed by atoms with Gasteiger partial charge in [0.05, 0.1) is 19.2 Å². The van der Waals surface area contributed by atoms with Crippen molar-refractivity contribution in [3.63, 3.8) is 0 Å². The van der Waals surface area contributed by atoms with Crippen molar-refractivity contribution in [2.75, 3.05) is 26.0 Å². The number of likely N-dealkylation sites (N-methyl/N-ethyl adjacent to an activating group) is 1. The van der Waals surface area contributed by atoms with Crippen LogP contribution in [-0.4, -0.2) is 37.4 Å². The van der Waals surface area contributed by atoms with Crippen molar-refractivity contribution in [2.45, 2.75) is 19.9 Å². The number of nitrogens with zero attached hydrogens (tertiary/aromatic N) is 1. The number of nitrogens with two attached hydrogens (primary N) is 1. The Labute approximate surface area is 162 Å². The molecule has 0 heterocycles. The molecule has 0 aliphatic carbocycles. The van der Waals surface area contributed by atoms with Gasteiger partial charge < -0.3 is 20.7 Å². The van der Waals surface area contributed by atoms with Gasteiger partial charge in [-0.25, -0.2) is 8.78 Å². The Morgan fingerprint density at radius 3 is 2.39 bits per heavy atom. The highest BCUT2D eigenvalue weighted by Crippen LogP contribution is 2.25. The van der Waals surface area contributed by atoms with E-state index in [9.17, 15) is 18.4 Å². The Hall–Kier alpha value is -3.00. The first-order chi connectivity index (χ1) is 13.1. The summed E-state index contributed by atoms with van der Waals surface area (Å²) in [6, 6.07) is 5.76. The zero-order valence-electron chi connectivity index (χ0n) is 16.2. The number of ether oxygens (including phenoxy) is 1. The van der Waals surface area contributed by atoms with E-state index in [0.717, 1.165) is 28.2 Å². The minimum Gasteiger partial charge on any atom is -0.497 e. The number of nitrogens with one attached hydrogen (secondary N) is 1. The van der Waals surface area contributed by atoms with Gasteiger partial charge in [0.1, 0.15) is 23.4 Å². The van der Waals surface area contributed by atoms with Gasteiger partial charge in [-0.1, -0.05) is 12.1 Å². The zero-order chi connectivity index (χ0) is 21.0. The summed E-state index contributed by atoms with van der Waals surface area (Å²) in [6.45, 7) is 3.46. The van der Waals surface area contributed by atoms with Crippen LogP contribution in [0.2, 0.25) is 0 Å². The molecule has 6 nitrogen and oxygen atoms in total. The molecule has 0 saturated heterocycles. The summed E-state index contributed by atoms with van der Waals surface area (Å²) >= 11 is 0. The number of halogens is 2. The lowest BCUT2D eigenvalue weighted by Crippen LogP contribution is -2.41. The largest absolute Gasteiger partial charge is 0.497 e. The number of anilines is 1. The fraction of sp³-hybridized carbons (Fsp3) is 0.300. The Balaban J connectivity index is 2.10. The molecule has 0 aliphatic rings. The lowest BCUT2D eigenvalue weighted by molar-refractivity contribution is -0.134. The molecule has 0 spiro atoms. The molecule has 28 heavy (non-hydrogen) atoms. The first-order valence-electron chi connectivity index (χ1n) is 8.55. The Morgan fingerprint density at radius 2 is 1.82 bits per heavy atom. The van der Waals surface area contributed by atoms with Crippen LogP contribution in [0.15, 0.2) is 30.3 Å². The summed E-state index contributed by atoms with van der Waals surface area (Å²) in [4.78, 5) is 25.7. The molecule has 0 bridgehead atoms. The van der Waals surface area contributed by atoms with E-state index in [0.29, 0.717) is 5.69 Å². The second-order valence-electron chi connectivity index (χ2n) is 6.47. The summed E-state index contributed by atoms with van der Waals surface area (Å²) in [5, 5.41) is 2.72. The van der Waals surface area contributed by atoms with Crippen LogP contribution >= 0.6 is 0 Å². The maximum absolute atomic E-state index is 14.2. The number of carbonyl (C=O) groups excluding carboxylic acids is 2. The van der Waals surface area contributed by atoms with Gasteiger partial charge >= 0.3 is 0 Å². The molecule has 0 saturated carbocycles. The highest BCUT2D eigenvalue weighted by atomic mass is 19.1. The first-order valence-corrected chi connectivity index (χ1v) is 8.55. The van der Waals surface area contributed by atoms with Crippen molar-refractivity contribution in [1.82, 2.24) is 4.90 Å². The van der Waals surface area contributed by atoms with Gasteiger partial charge in [0.2, 0.25) is 11.8 Å². The molecule has 0 fully saturated rings. The van der Waals surface area contributed by atoms with E-state index in [2.05, 4.69) is 5.32 Å². The molecular formula is C20H23F2N3O3. The van der Waals surface area contributed by atoms with Crippen LogP contribution in [0.3, 0.4) is 0 Å². The predicted molar refractivity (Wildman–Crippen MR) is 102 cm³/mol. The van der Waals surface area contributed by atoms with E-state index in [-0.39, 0.29) is 12.3 Å². The lowest BCUT2D eigenvalue weighted by atomic mass is 10.0. The number of methoxy groups -OCH3 is 1. The molecule has 1 unspecified atom stereocenters. The van der Waals surface area contributed by atoms with Crippen LogP contribution in [0.4, 0.5) is 14.5 Å². The molecule has 0 radical (unpaired) electrons. The van der Waals surface area contributed by atoms with Gasteiger partial charge in [0.25, 0.3) is 0 Å². The molecule has 150 valence electrons. The second-order valence-corrected chi connectivity index (χ2v) is 6.47. The number of rotatable bonds is 6. The topological polar surface area (TPSA) is 84.7 Å². The smallest absolute Gasteiger partial charge is 0.244 e. The number of aryl methyl sites for hydroxylation is 1. The molecule has 3 N–H and O–H groups in total. The molecule has 8 heteroatoms. The van der Waals surface area contributed by atoms with Crippen LogP contribution in [-0.2, 0) is 9.59 Å². The van der Waals surface area contributed by atoms with Crippen LogP contribution < -0.4 is 15.8 Å². The van der Waals surface area contributed by atoms with Gasteiger partial charge in [-0.15, -0.1) is 0 Å². The monoisotopic (exact) mass is 391 g/mol. The zero-order valence-corrected chi connectivity index (χ0v) is 16.2. The maximum atomic E-state index is 14.2. The highest BCUT2D eigenvalue weighted by Gasteiger charge is 2.27. The van der Waals surface area contributed by atoms with Gasteiger partial charge in [-0.3, -0.25) is 9.59 Å². The average molecular weight is 391 g/mol. The normalized spacial score (nSPS) is 11.7. The van der Waals surface area contributed by atoms with Crippen molar-refractivity contribution in [3.8, 4) is 5.75 Å². The molecule has 2 rings (SSSR count). The third-order valence-electron chi connectivity index (χ3n) is 4.50. The van der Waals surface area contributed by atoms with Crippen LogP contribution in [0.1, 0.15) is 22.7 Å². The summed E-state index contributed by atoms with van der Waals surface area (Å²) in [7, 11) is 2.60.